The predicted molar refractivity (Wildman–Crippen MR) is 117 cm³/mol. The molecule has 2 aromatic carbocycles. The highest BCUT2D eigenvalue weighted by Gasteiger charge is 2.30. The molecule has 4 rings (SSSR count). The van der Waals surface area contributed by atoms with Crippen LogP contribution in [0.2, 0.25) is 0 Å². The molecule has 0 bridgehead atoms. The predicted octanol–water partition coefficient (Wildman–Crippen LogP) is 4.26. The SMILES string of the molecule is O=C1C[C@@H](c2ccccc2)N(C(=O)Nc2cccc(C3SCCS3)c2)CCN1. The fourth-order valence-corrected chi connectivity index (χ4v) is 6.39. The van der Waals surface area contributed by atoms with Crippen LogP contribution in [0.3, 0.4) is 0 Å². The molecule has 2 aliphatic rings. The number of hydrogen-bond acceptors (Lipinski definition) is 4. The molecule has 2 aromatic rings. The van der Waals surface area contributed by atoms with Crippen LogP contribution in [-0.2, 0) is 4.79 Å². The largest absolute Gasteiger partial charge is 0.354 e. The molecule has 2 saturated heterocycles. The van der Waals surface area contributed by atoms with Gasteiger partial charge in [0.25, 0.3) is 0 Å². The molecule has 2 aliphatic heterocycles. The summed E-state index contributed by atoms with van der Waals surface area (Å²) in [6, 6.07) is 17.4. The van der Waals surface area contributed by atoms with E-state index in [1.807, 2.05) is 66.0 Å². The van der Waals surface area contributed by atoms with E-state index >= 15 is 0 Å². The Kier molecular flexibility index (Phi) is 6.12. The first kappa shape index (κ1) is 19.2. The number of rotatable bonds is 3. The Balaban J connectivity index is 1.53. The molecule has 0 unspecified atom stereocenters. The fraction of sp³-hybridized carbons (Fsp3) is 0.333. The van der Waals surface area contributed by atoms with E-state index in [0.717, 1.165) is 11.3 Å². The Bertz CT molecular complexity index is 841. The zero-order chi connectivity index (χ0) is 19.3. The van der Waals surface area contributed by atoms with Crippen LogP contribution >= 0.6 is 23.5 Å². The van der Waals surface area contributed by atoms with E-state index in [1.165, 1.54) is 17.1 Å². The number of hydrogen-bond donors (Lipinski definition) is 2. The van der Waals surface area contributed by atoms with Crippen LogP contribution in [0.15, 0.2) is 54.6 Å². The normalized spacial score (nSPS) is 20.5. The topological polar surface area (TPSA) is 61.4 Å². The second-order valence-electron chi connectivity index (χ2n) is 6.80. The molecule has 0 radical (unpaired) electrons. The number of thioether (sulfide) groups is 2. The summed E-state index contributed by atoms with van der Waals surface area (Å²) in [5.41, 5.74) is 3.01. The molecule has 2 heterocycles. The molecule has 5 nitrogen and oxygen atoms in total. The van der Waals surface area contributed by atoms with E-state index in [9.17, 15) is 9.59 Å². The molecule has 146 valence electrons. The molecule has 3 amide bonds. The second-order valence-corrected chi connectivity index (χ2v) is 9.53. The van der Waals surface area contributed by atoms with Gasteiger partial charge in [-0.05, 0) is 23.3 Å². The molecule has 28 heavy (non-hydrogen) atoms. The third kappa shape index (κ3) is 4.47. The van der Waals surface area contributed by atoms with Crippen LogP contribution in [0.4, 0.5) is 10.5 Å². The quantitative estimate of drug-likeness (QED) is 0.789. The Morgan fingerprint density at radius 3 is 2.57 bits per heavy atom. The average molecular weight is 414 g/mol. The third-order valence-corrected chi connectivity index (χ3v) is 8.01. The lowest BCUT2D eigenvalue weighted by atomic mass is 10.0. The molecule has 0 aromatic heterocycles. The van der Waals surface area contributed by atoms with Crippen molar-refractivity contribution in [3.05, 3.63) is 65.7 Å². The zero-order valence-electron chi connectivity index (χ0n) is 15.5. The van der Waals surface area contributed by atoms with Crippen LogP contribution in [-0.4, -0.2) is 41.4 Å². The molecule has 2 N–H and O–H groups in total. The van der Waals surface area contributed by atoms with Gasteiger partial charge < -0.3 is 15.5 Å². The van der Waals surface area contributed by atoms with Crippen molar-refractivity contribution in [1.29, 1.82) is 0 Å². The van der Waals surface area contributed by atoms with Gasteiger partial charge in [-0.1, -0.05) is 42.5 Å². The summed E-state index contributed by atoms with van der Waals surface area (Å²) in [5.74, 6) is 2.31. The highest BCUT2D eigenvalue weighted by molar-refractivity contribution is 8.19. The maximum absolute atomic E-state index is 13.1. The Morgan fingerprint density at radius 1 is 1.04 bits per heavy atom. The molecule has 0 saturated carbocycles. The van der Waals surface area contributed by atoms with Crippen molar-refractivity contribution in [3.63, 3.8) is 0 Å². The number of benzene rings is 2. The number of carbonyl (C=O) groups is 2. The van der Waals surface area contributed by atoms with Gasteiger partial charge in [-0.15, -0.1) is 23.5 Å². The van der Waals surface area contributed by atoms with E-state index in [1.54, 1.807) is 4.90 Å². The minimum atomic E-state index is -0.271. The summed E-state index contributed by atoms with van der Waals surface area (Å²) in [6.07, 6.45) is 0.271. The van der Waals surface area contributed by atoms with Gasteiger partial charge >= 0.3 is 6.03 Å². The maximum Gasteiger partial charge on any atom is 0.322 e. The van der Waals surface area contributed by atoms with E-state index in [-0.39, 0.29) is 24.4 Å². The number of carbonyl (C=O) groups excluding carboxylic acids is 2. The smallest absolute Gasteiger partial charge is 0.322 e. The Morgan fingerprint density at radius 2 is 1.79 bits per heavy atom. The minimum Gasteiger partial charge on any atom is -0.354 e. The highest BCUT2D eigenvalue weighted by atomic mass is 32.2. The van der Waals surface area contributed by atoms with E-state index in [4.69, 9.17) is 0 Å². The lowest BCUT2D eigenvalue weighted by Gasteiger charge is -2.29. The molecular formula is C21H23N3O2S2. The van der Waals surface area contributed by atoms with Crippen LogP contribution in [0.25, 0.3) is 0 Å². The molecular weight excluding hydrogens is 390 g/mol. The van der Waals surface area contributed by atoms with E-state index in [0.29, 0.717) is 17.7 Å². The number of amides is 3. The summed E-state index contributed by atoms with van der Waals surface area (Å²) in [5, 5.41) is 5.92. The summed E-state index contributed by atoms with van der Waals surface area (Å²) < 4.78 is 0.439. The van der Waals surface area contributed by atoms with Crippen molar-refractivity contribution >= 4 is 41.1 Å². The Labute approximate surface area is 173 Å². The van der Waals surface area contributed by atoms with Crippen molar-refractivity contribution in [2.45, 2.75) is 17.0 Å². The maximum atomic E-state index is 13.1. The molecule has 7 heteroatoms. The molecule has 0 spiro atoms. The molecule has 1 atom stereocenters. The summed E-state index contributed by atoms with van der Waals surface area (Å²) >= 11 is 3.89. The van der Waals surface area contributed by atoms with Crippen LogP contribution < -0.4 is 10.6 Å². The molecule has 2 fully saturated rings. The summed E-state index contributed by atoms with van der Waals surface area (Å²) in [4.78, 5) is 27.0. The Hall–Kier alpha value is -2.12. The number of urea groups is 1. The van der Waals surface area contributed by atoms with Gasteiger partial charge in [0.2, 0.25) is 5.91 Å². The molecule has 0 aliphatic carbocycles. The lowest BCUT2D eigenvalue weighted by Crippen LogP contribution is -2.39. The van der Waals surface area contributed by atoms with Crippen molar-refractivity contribution < 1.29 is 9.59 Å². The van der Waals surface area contributed by atoms with Gasteiger partial charge in [-0.25, -0.2) is 4.79 Å². The second kappa shape index (κ2) is 8.92. The van der Waals surface area contributed by atoms with Gasteiger partial charge in [0.05, 0.1) is 17.0 Å². The standard InChI is InChI=1S/C21H23N3O2S2/c25-19-14-18(15-5-2-1-3-6-15)24(10-9-22-19)21(26)23-17-8-4-7-16(13-17)20-27-11-12-28-20/h1-8,13,18,20H,9-12,14H2,(H,22,25)(H,23,26)/t18-/m0/s1. The first-order valence-corrected chi connectivity index (χ1v) is 11.5. The highest BCUT2D eigenvalue weighted by Crippen LogP contribution is 2.45. The number of anilines is 1. The van der Waals surface area contributed by atoms with Crippen molar-refractivity contribution in [2.75, 3.05) is 29.9 Å². The van der Waals surface area contributed by atoms with Gasteiger partial charge in [-0.3, -0.25) is 4.79 Å². The monoisotopic (exact) mass is 413 g/mol. The number of nitrogens with zero attached hydrogens (tertiary/aromatic N) is 1. The van der Waals surface area contributed by atoms with Gasteiger partial charge in [-0.2, -0.15) is 0 Å². The minimum absolute atomic E-state index is 0.0265. The summed E-state index contributed by atoms with van der Waals surface area (Å²) in [7, 11) is 0. The van der Waals surface area contributed by atoms with Crippen LogP contribution in [0.1, 0.15) is 28.2 Å². The zero-order valence-corrected chi connectivity index (χ0v) is 17.1. The van der Waals surface area contributed by atoms with E-state index < -0.39 is 0 Å². The van der Waals surface area contributed by atoms with Gasteiger partial charge in [0.1, 0.15) is 0 Å². The van der Waals surface area contributed by atoms with Crippen molar-refractivity contribution in [2.24, 2.45) is 0 Å². The van der Waals surface area contributed by atoms with Crippen LogP contribution in [0.5, 0.6) is 0 Å². The van der Waals surface area contributed by atoms with Gasteiger partial charge in [0, 0.05) is 30.3 Å². The van der Waals surface area contributed by atoms with Crippen molar-refractivity contribution in [1.82, 2.24) is 10.2 Å². The lowest BCUT2D eigenvalue weighted by molar-refractivity contribution is -0.121. The first-order chi connectivity index (χ1) is 13.7. The fourth-order valence-electron chi connectivity index (χ4n) is 3.55. The summed E-state index contributed by atoms with van der Waals surface area (Å²) in [6.45, 7) is 0.941. The average Bonchev–Trinajstić information content (AvgIpc) is 3.18. The first-order valence-electron chi connectivity index (χ1n) is 9.43. The van der Waals surface area contributed by atoms with Gasteiger partial charge in [0.15, 0.2) is 0 Å². The van der Waals surface area contributed by atoms with E-state index in [2.05, 4.69) is 22.8 Å². The van der Waals surface area contributed by atoms with Crippen LogP contribution in [0, 0.1) is 0 Å². The third-order valence-electron chi connectivity index (χ3n) is 4.91. The van der Waals surface area contributed by atoms with Crippen molar-refractivity contribution in [3.8, 4) is 0 Å². The number of nitrogens with one attached hydrogen (secondary N) is 2.